The van der Waals surface area contributed by atoms with E-state index in [2.05, 4.69) is 25.8 Å². The number of carbonyl (C=O) groups excluding carboxylic acids is 1. The number of amides is 1. The van der Waals surface area contributed by atoms with Crippen LogP contribution in [0.15, 0.2) is 30.3 Å². The highest BCUT2D eigenvalue weighted by Gasteiger charge is 2.21. The molecule has 0 saturated carbocycles. The molecular formula is C19H23ClN6O. The van der Waals surface area contributed by atoms with Gasteiger partial charge in [-0.1, -0.05) is 18.2 Å². The van der Waals surface area contributed by atoms with E-state index in [-0.39, 0.29) is 18.3 Å². The number of fused-ring (bicyclic) bond motifs is 2. The molecule has 0 aliphatic carbocycles. The molecule has 0 saturated heterocycles. The van der Waals surface area contributed by atoms with Crippen LogP contribution >= 0.6 is 12.4 Å². The maximum Gasteiger partial charge on any atom is 0.272 e. The molecule has 1 aliphatic rings. The molecule has 142 valence electrons. The Bertz CT molecular complexity index is 968. The van der Waals surface area contributed by atoms with Gasteiger partial charge in [0.05, 0.1) is 5.52 Å². The Hall–Kier alpha value is -2.64. The van der Waals surface area contributed by atoms with Crippen molar-refractivity contribution in [3.8, 4) is 0 Å². The molecule has 7 nitrogen and oxygen atoms in total. The van der Waals surface area contributed by atoms with Crippen molar-refractivity contribution in [3.05, 3.63) is 52.8 Å². The number of aromatic nitrogens is 3. The first-order valence-electron chi connectivity index (χ1n) is 8.74. The average molecular weight is 387 g/mol. The predicted octanol–water partition coefficient (Wildman–Crippen LogP) is 2.02. The lowest BCUT2D eigenvalue weighted by molar-refractivity contribution is 0.0945. The maximum absolute atomic E-state index is 12.7. The molecule has 1 aliphatic heterocycles. The van der Waals surface area contributed by atoms with Crippen LogP contribution in [0.4, 0.5) is 5.82 Å². The molecule has 1 amide bonds. The third kappa shape index (κ3) is 3.74. The first-order chi connectivity index (χ1) is 12.6. The highest BCUT2D eigenvalue weighted by molar-refractivity contribution is 5.94. The molecule has 3 heterocycles. The second-order valence-corrected chi connectivity index (χ2v) is 6.69. The Morgan fingerprint density at radius 3 is 2.93 bits per heavy atom. The number of para-hydroxylation sites is 1. The van der Waals surface area contributed by atoms with E-state index in [4.69, 9.17) is 0 Å². The number of aromatic amines is 1. The van der Waals surface area contributed by atoms with Gasteiger partial charge in [0.2, 0.25) is 0 Å². The Kier molecular flexibility index (Phi) is 5.62. The zero-order valence-electron chi connectivity index (χ0n) is 15.4. The average Bonchev–Trinajstić information content (AvgIpc) is 3.09. The Morgan fingerprint density at radius 2 is 2.11 bits per heavy atom. The van der Waals surface area contributed by atoms with Gasteiger partial charge in [0.15, 0.2) is 5.69 Å². The van der Waals surface area contributed by atoms with Crippen LogP contribution in [0.2, 0.25) is 0 Å². The van der Waals surface area contributed by atoms with Gasteiger partial charge in [0, 0.05) is 56.8 Å². The number of nitrogens with one attached hydrogen (secondary N) is 3. The second kappa shape index (κ2) is 7.94. The summed E-state index contributed by atoms with van der Waals surface area (Å²) in [6, 6.07) is 10.00. The molecule has 4 rings (SSSR count). The number of carbonyl (C=O) groups is 1. The number of H-pyrrole nitrogens is 1. The predicted molar refractivity (Wildman–Crippen MR) is 108 cm³/mol. The number of benzene rings is 1. The van der Waals surface area contributed by atoms with Gasteiger partial charge in [-0.05, 0) is 17.7 Å². The van der Waals surface area contributed by atoms with Crippen molar-refractivity contribution in [2.75, 3.05) is 25.5 Å². The smallest absolute Gasteiger partial charge is 0.272 e. The third-order valence-electron chi connectivity index (χ3n) is 4.71. The highest BCUT2D eigenvalue weighted by atomic mass is 35.5. The van der Waals surface area contributed by atoms with Crippen LogP contribution in [0.1, 0.15) is 27.3 Å². The Morgan fingerprint density at radius 1 is 1.30 bits per heavy atom. The van der Waals surface area contributed by atoms with Crippen LogP contribution < -0.4 is 15.5 Å². The molecule has 3 N–H and O–H groups in total. The van der Waals surface area contributed by atoms with Crippen LogP contribution in [-0.2, 0) is 19.5 Å². The summed E-state index contributed by atoms with van der Waals surface area (Å²) in [4.78, 5) is 19.3. The zero-order chi connectivity index (χ0) is 18.1. The van der Waals surface area contributed by atoms with Gasteiger partial charge >= 0.3 is 0 Å². The molecule has 8 heteroatoms. The summed E-state index contributed by atoms with van der Waals surface area (Å²) in [6.07, 6.45) is 0.872. The minimum Gasteiger partial charge on any atom is -0.363 e. The maximum atomic E-state index is 12.7. The van der Waals surface area contributed by atoms with Crippen LogP contribution in [-0.4, -0.2) is 41.7 Å². The fourth-order valence-electron chi connectivity index (χ4n) is 3.28. The number of hydrogen-bond acceptors (Lipinski definition) is 5. The van der Waals surface area contributed by atoms with Gasteiger partial charge in [-0.3, -0.25) is 9.89 Å². The highest BCUT2D eigenvalue weighted by Crippen LogP contribution is 2.22. The standard InChI is InChI=1S/C19H22N6O.ClH/c1-25(2)17-9-12(13-5-3-4-6-15(13)22-17)10-21-19(26)18-14-11-20-8-7-16(14)23-24-18;/h3-6,9,20H,7-8,10-11H2,1-2H3,(H,21,26)(H,23,24);1H. The van der Waals surface area contributed by atoms with Crippen molar-refractivity contribution in [2.24, 2.45) is 0 Å². The number of anilines is 1. The lowest BCUT2D eigenvalue weighted by atomic mass is 10.1. The molecule has 0 bridgehead atoms. The van der Waals surface area contributed by atoms with Crippen molar-refractivity contribution >= 4 is 35.0 Å². The van der Waals surface area contributed by atoms with Crippen LogP contribution in [0.5, 0.6) is 0 Å². The van der Waals surface area contributed by atoms with E-state index in [0.29, 0.717) is 18.8 Å². The molecule has 0 atom stereocenters. The summed E-state index contributed by atoms with van der Waals surface area (Å²) in [7, 11) is 3.92. The molecule has 0 radical (unpaired) electrons. The summed E-state index contributed by atoms with van der Waals surface area (Å²) in [6.45, 7) is 2.02. The van der Waals surface area contributed by atoms with Crippen molar-refractivity contribution in [1.82, 2.24) is 25.8 Å². The lowest BCUT2D eigenvalue weighted by Gasteiger charge is -2.16. The van der Waals surface area contributed by atoms with Gasteiger partial charge in [0.1, 0.15) is 5.82 Å². The van der Waals surface area contributed by atoms with Crippen LogP contribution in [0.25, 0.3) is 10.9 Å². The van der Waals surface area contributed by atoms with E-state index in [1.54, 1.807) is 0 Å². The first-order valence-corrected chi connectivity index (χ1v) is 8.74. The fraction of sp³-hybridized carbons (Fsp3) is 0.316. The van der Waals surface area contributed by atoms with Crippen molar-refractivity contribution < 1.29 is 4.79 Å². The van der Waals surface area contributed by atoms with Crippen molar-refractivity contribution in [1.29, 1.82) is 0 Å². The molecule has 27 heavy (non-hydrogen) atoms. The third-order valence-corrected chi connectivity index (χ3v) is 4.71. The molecule has 0 unspecified atom stereocenters. The summed E-state index contributed by atoms with van der Waals surface area (Å²) in [5.41, 5.74) is 4.47. The van der Waals surface area contributed by atoms with E-state index in [1.807, 2.05) is 49.3 Å². The molecule has 2 aromatic heterocycles. The van der Waals surface area contributed by atoms with E-state index in [0.717, 1.165) is 46.5 Å². The van der Waals surface area contributed by atoms with E-state index in [1.165, 1.54) is 0 Å². The number of nitrogens with zero attached hydrogens (tertiary/aromatic N) is 3. The SMILES string of the molecule is CN(C)c1cc(CNC(=O)c2n[nH]c3c2CNCC3)c2ccccc2n1.Cl. The molecular weight excluding hydrogens is 364 g/mol. The summed E-state index contributed by atoms with van der Waals surface area (Å²) in [5.74, 6) is 0.716. The Balaban J connectivity index is 0.00000210. The molecule has 0 fully saturated rings. The van der Waals surface area contributed by atoms with Gasteiger partial charge in [0.25, 0.3) is 5.91 Å². The normalized spacial score (nSPS) is 13.0. The van der Waals surface area contributed by atoms with Crippen LogP contribution in [0.3, 0.4) is 0 Å². The largest absolute Gasteiger partial charge is 0.363 e. The van der Waals surface area contributed by atoms with Gasteiger partial charge in [-0.2, -0.15) is 5.10 Å². The van der Waals surface area contributed by atoms with Gasteiger partial charge in [-0.15, -0.1) is 12.4 Å². The summed E-state index contributed by atoms with van der Waals surface area (Å²) >= 11 is 0. The number of halogens is 1. The fourth-order valence-corrected chi connectivity index (χ4v) is 3.28. The lowest BCUT2D eigenvalue weighted by Crippen LogP contribution is -2.28. The minimum absolute atomic E-state index is 0. The summed E-state index contributed by atoms with van der Waals surface area (Å²) < 4.78 is 0. The van der Waals surface area contributed by atoms with E-state index in [9.17, 15) is 4.79 Å². The summed E-state index contributed by atoms with van der Waals surface area (Å²) in [5, 5.41) is 14.6. The number of hydrogen-bond donors (Lipinski definition) is 3. The first kappa shape index (κ1) is 19.1. The quantitative estimate of drug-likeness (QED) is 0.638. The molecule has 1 aromatic carbocycles. The number of pyridine rings is 1. The Labute approximate surface area is 164 Å². The number of rotatable bonds is 4. The van der Waals surface area contributed by atoms with Gasteiger partial charge < -0.3 is 15.5 Å². The monoisotopic (exact) mass is 386 g/mol. The minimum atomic E-state index is -0.154. The van der Waals surface area contributed by atoms with Crippen molar-refractivity contribution in [3.63, 3.8) is 0 Å². The van der Waals surface area contributed by atoms with E-state index < -0.39 is 0 Å². The zero-order valence-corrected chi connectivity index (χ0v) is 16.2. The van der Waals surface area contributed by atoms with Crippen molar-refractivity contribution in [2.45, 2.75) is 19.5 Å². The van der Waals surface area contributed by atoms with Crippen LogP contribution in [0, 0.1) is 0 Å². The second-order valence-electron chi connectivity index (χ2n) is 6.69. The van der Waals surface area contributed by atoms with Gasteiger partial charge in [-0.25, -0.2) is 4.98 Å². The molecule has 0 spiro atoms. The van der Waals surface area contributed by atoms with E-state index >= 15 is 0 Å². The topological polar surface area (TPSA) is 85.9 Å². The molecule has 3 aromatic rings.